The van der Waals surface area contributed by atoms with Gasteiger partial charge in [-0.15, -0.1) is 0 Å². The number of unbranched alkanes of at least 4 members (excludes halogenated alkanes) is 30. The van der Waals surface area contributed by atoms with Crippen molar-refractivity contribution in [1.82, 2.24) is 9.44 Å². The van der Waals surface area contributed by atoms with Crippen LogP contribution in [0.3, 0.4) is 0 Å². The fourth-order valence-electron chi connectivity index (χ4n) is 5.81. The molecular weight excluding hydrogens is 524 g/mol. The monoisotopic (exact) mass is 601 g/mol. The van der Waals surface area contributed by atoms with Gasteiger partial charge in [-0.25, -0.2) is 9.44 Å². The van der Waals surface area contributed by atoms with Crippen LogP contribution in [0.15, 0.2) is 0 Å². The van der Waals surface area contributed by atoms with E-state index in [0.717, 1.165) is 25.7 Å². The molecular formula is C36H76N2O2S. The van der Waals surface area contributed by atoms with Gasteiger partial charge in [0.15, 0.2) is 0 Å². The van der Waals surface area contributed by atoms with Gasteiger partial charge < -0.3 is 0 Å². The lowest BCUT2D eigenvalue weighted by Gasteiger charge is -2.08. The Morgan fingerprint density at radius 3 is 0.659 bits per heavy atom. The van der Waals surface area contributed by atoms with Gasteiger partial charge in [0, 0.05) is 13.1 Å². The smallest absolute Gasteiger partial charge is 0.202 e. The number of hydrogen-bond donors (Lipinski definition) is 2. The molecule has 0 spiro atoms. The van der Waals surface area contributed by atoms with E-state index < -0.39 is 10.2 Å². The largest absolute Gasteiger partial charge is 0.276 e. The van der Waals surface area contributed by atoms with E-state index in [2.05, 4.69) is 23.3 Å². The Hall–Kier alpha value is -0.130. The minimum Gasteiger partial charge on any atom is -0.202 e. The van der Waals surface area contributed by atoms with Crippen LogP contribution in [0.25, 0.3) is 0 Å². The lowest BCUT2D eigenvalue weighted by molar-refractivity contribution is 0.524. The van der Waals surface area contributed by atoms with E-state index >= 15 is 0 Å². The van der Waals surface area contributed by atoms with Crippen LogP contribution in [0.2, 0.25) is 0 Å². The molecule has 5 heteroatoms. The summed E-state index contributed by atoms with van der Waals surface area (Å²) in [5.41, 5.74) is 0. The molecule has 0 bridgehead atoms. The normalized spacial score (nSPS) is 12.0. The molecule has 0 aromatic heterocycles. The second kappa shape index (κ2) is 34.4. The molecule has 0 amide bonds. The van der Waals surface area contributed by atoms with Crippen LogP contribution < -0.4 is 9.44 Å². The van der Waals surface area contributed by atoms with Crippen molar-refractivity contribution in [2.24, 2.45) is 0 Å². The van der Waals surface area contributed by atoms with Gasteiger partial charge in [0.25, 0.3) is 10.2 Å². The summed E-state index contributed by atoms with van der Waals surface area (Å²) in [6.07, 6.45) is 42.8. The molecule has 0 rings (SSSR count). The standard InChI is InChI=1S/C36H76N2O2S/c1-3-5-7-9-11-13-15-17-19-21-23-25-27-29-31-33-35-37-41(39,40)38-36-34-32-30-28-26-24-22-20-18-16-14-12-10-8-6-4-2/h37-38H,3-36H2,1-2H3. The molecule has 0 aliphatic heterocycles. The van der Waals surface area contributed by atoms with Crippen molar-refractivity contribution in [3.8, 4) is 0 Å². The molecule has 0 heterocycles. The molecule has 0 saturated carbocycles. The van der Waals surface area contributed by atoms with Gasteiger partial charge in [-0.2, -0.15) is 8.42 Å². The summed E-state index contributed by atoms with van der Waals surface area (Å²) in [5.74, 6) is 0. The van der Waals surface area contributed by atoms with Gasteiger partial charge >= 0.3 is 0 Å². The molecule has 0 aliphatic rings. The molecule has 4 nitrogen and oxygen atoms in total. The summed E-state index contributed by atoms with van der Waals surface area (Å²) in [6.45, 7) is 5.69. The predicted octanol–water partition coefficient (Wildman–Crippen LogP) is 11.9. The third kappa shape index (κ3) is 36.0. The third-order valence-electron chi connectivity index (χ3n) is 8.64. The topological polar surface area (TPSA) is 58.2 Å². The van der Waals surface area contributed by atoms with Crippen LogP contribution >= 0.6 is 0 Å². The van der Waals surface area contributed by atoms with E-state index in [-0.39, 0.29) is 0 Å². The Morgan fingerprint density at radius 2 is 0.463 bits per heavy atom. The molecule has 0 atom stereocenters. The van der Waals surface area contributed by atoms with E-state index in [1.165, 1.54) is 180 Å². The van der Waals surface area contributed by atoms with Crippen molar-refractivity contribution in [2.45, 2.75) is 219 Å². The maximum Gasteiger partial charge on any atom is 0.276 e. The van der Waals surface area contributed by atoms with Crippen LogP contribution in [0.4, 0.5) is 0 Å². The summed E-state index contributed by atoms with van der Waals surface area (Å²) in [5, 5.41) is 0. The van der Waals surface area contributed by atoms with E-state index in [1.54, 1.807) is 0 Å². The first kappa shape index (κ1) is 40.9. The SMILES string of the molecule is CCCCCCCCCCCCCCCCCCNS(=O)(=O)NCCCCCCCCCCCCCCCCCC. The molecule has 0 fully saturated rings. The summed E-state index contributed by atoms with van der Waals surface area (Å²) < 4.78 is 29.7. The van der Waals surface area contributed by atoms with Crippen molar-refractivity contribution in [3.05, 3.63) is 0 Å². The molecule has 41 heavy (non-hydrogen) atoms. The van der Waals surface area contributed by atoms with Gasteiger partial charge in [-0.1, -0.05) is 206 Å². The third-order valence-corrected chi connectivity index (χ3v) is 9.81. The van der Waals surface area contributed by atoms with Crippen LogP contribution in [0, 0.1) is 0 Å². The van der Waals surface area contributed by atoms with Crippen molar-refractivity contribution in [2.75, 3.05) is 13.1 Å². The molecule has 248 valence electrons. The first-order valence-electron chi connectivity index (χ1n) is 18.9. The minimum absolute atomic E-state index is 0.562. The van der Waals surface area contributed by atoms with E-state index in [9.17, 15) is 8.42 Å². The zero-order chi connectivity index (χ0) is 30.0. The Labute approximate surface area is 260 Å². The van der Waals surface area contributed by atoms with Gasteiger partial charge in [0.2, 0.25) is 0 Å². The molecule has 2 N–H and O–H groups in total. The highest BCUT2D eigenvalue weighted by molar-refractivity contribution is 7.87. The molecule has 0 aliphatic carbocycles. The minimum atomic E-state index is -3.32. The Kier molecular flexibility index (Phi) is 34.3. The molecule has 0 aromatic carbocycles. The zero-order valence-corrected chi connectivity index (χ0v) is 29.1. The average molecular weight is 601 g/mol. The lowest BCUT2D eigenvalue weighted by atomic mass is 10.0. The molecule has 0 saturated heterocycles. The van der Waals surface area contributed by atoms with Gasteiger partial charge in [-0.05, 0) is 12.8 Å². The van der Waals surface area contributed by atoms with Crippen LogP contribution in [-0.2, 0) is 10.2 Å². The Bertz CT molecular complexity index is 538. The van der Waals surface area contributed by atoms with E-state index in [0.29, 0.717) is 13.1 Å². The average Bonchev–Trinajstić information content (AvgIpc) is 2.96. The lowest BCUT2D eigenvalue weighted by Crippen LogP contribution is -2.37. The Morgan fingerprint density at radius 1 is 0.293 bits per heavy atom. The number of nitrogens with one attached hydrogen (secondary N) is 2. The highest BCUT2D eigenvalue weighted by Gasteiger charge is 2.07. The van der Waals surface area contributed by atoms with Crippen molar-refractivity contribution in [1.29, 1.82) is 0 Å². The van der Waals surface area contributed by atoms with E-state index in [4.69, 9.17) is 0 Å². The fourth-order valence-corrected chi connectivity index (χ4v) is 6.74. The van der Waals surface area contributed by atoms with Gasteiger partial charge in [-0.3, -0.25) is 0 Å². The molecule has 0 radical (unpaired) electrons. The summed E-state index contributed by atoms with van der Waals surface area (Å²) >= 11 is 0. The van der Waals surface area contributed by atoms with Crippen LogP contribution in [0.1, 0.15) is 219 Å². The van der Waals surface area contributed by atoms with Crippen molar-refractivity contribution >= 4 is 10.2 Å². The predicted molar refractivity (Wildman–Crippen MR) is 184 cm³/mol. The van der Waals surface area contributed by atoms with E-state index in [1.807, 2.05) is 0 Å². The highest BCUT2D eigenvalue weighted by atomic mass is 32.2. The molecule has 0 aromatic rings. The Balaban J connectivity index is 3.27. The van der Waals surface area contributed by atoms with Crippen molar-refractivity contribution in [3.63, 3.8) is 0 Å². The highest BCUT2D eigenvalue weighted by Crippen LogP contribution is 2.15. The summed E-state index contributed by atoms with van der Waals surface area (Å²) in [6, 6.07) is 0. The summed E-state index contributed by atoms with van der Waals surface area (Å²) in [7, 11) is -3.32. The van der Waals surface area contributed by atoms with Crippen LogP contribution in [0.5, 0.6) is 0 Å². The van der Waals surface area contributed by atoms with Crippen LogP contribution in [-0.4, -0.2) is 21.5 Å². The summed E-state index contributed by atoms with van der Waals surface area (Å²) in [4.78, 5) is 0. The maximum absolute atomic E-state index is 12.1. The molecule has 0 unspecified atom stereocenters. The quantitative estimate of drug-likeness (QED) is 0.0703. The maximum atomic E-state index is 12.1. The van der Waals surface area contributed by atoms with Gasteiger partial charge in [0.05, 0.1) is 0 Å². The first-order chi connectivity index (χ1) is 20.1. The number of rotatable bonds is 36. The number of hydrogen-bond acceptors (Lipinski definition) is 2. The second-order valence-corrected chi connectivity index (χ2v) is 14.5. The van der Waals surface area contributed by atoms with Gasteiger partial charge in [0.1, 0.15) is 0 Å². The van der Waals surface area contributed by atoms with Crippen molar-refractivity contribution < 1.29 is 8.42 Å². The fraction of sp³-hybridized carbons (Fsp3) is 1.00. The second-order valence-electron chi connectivity index (χ2n) is 12.9. The zero-order valence-electron chi connectivity index (χ0n) is 28.3. The first-order valence-corrected chi connectivity index (χ1v) is 20.3.